The van der Waals surface area contributed by atoms with Crippen LogP contribution in [0.1, 0.15) is 44.0 Å². The van der Waals surface area contributed by atoms with Crippen molar-refractivity contribution in [3.63, 3.8) is 0 Å². The van der Waals surface area contributed by atoms with Crippen molar-refractivity contribution < 1.29 is 19.5 Å². The molecule has 0 saturated carbocycles. The van der Waals surface area contributed by atoms with Crippen molar-refractivity contribution in [2.24, 2.45) is 0 Å². The molecular weight excluding hydrogens is 522 g/mol. The molecule has 0 unspecified atom stereocenters. The van der Waals surface area contributed by atoms with Gasteiger partial charge in [-0.25, -0.2) is 0 Å². The molecule has 40 heavy (non-hydrogen) atoms. The van der Waals surface area contributed by atoms with E-state index in [1.165, 1.54) is 23.9 Å². The van der Waals surface area contributed by atoms with E-state index in [0.717, 1.165) is 16.7 Å². The summed E-state index contributed by atoms with van der Waals surface area (Å²) < 4.78 is 0. The van der Waals surface area contributed by atoms with Crippen molar-refractivity contribution in [3.8, 4) is 5.75 Å². The van der Waals surface area contributed by atoms with Gasteiger partial charge < -0.3 is 15.7 Å². The molecule has 1 aliphatic heterocycles. The Hall–Kier alpha value is -4.56. The second kappa shape index (κ2) is 11.7. The summed E-state index contributed by atoms with van der Waals surface area (Å²) >= 11 is 1.54. The monoisotopic (exact) mass is 551 g/mol. The summed E-state index contributed by atoms with van der Waals surface area (Å²) in [4.78, 5) is 41.7. The molecule has 0 aromatic heterocycles. The summed E-state index contributed by atoms with van der Waals surface area (Å²) in [5.41, 5.74) is 4.93. The fourth-order valence-electron chi connectivity index (χ4n) is 4.75. The van der Waals surface area contributed by atoms with Gasteiger partial charge in [0.2, 0.25) is 5.91 Å². The summed E-state index contributed by atoms with van der Waals surface area (Å²) in [7, 11) is 0. The number of amides is 3. The average molecular weight is 552 g/mol. The van der Waals surface area contributed by atoms with Crippen LogP contribution in [0, 0.1) is 13.8 Å². The molecule has 1 heterocycles. The number of benzene rings is 4. The third kappa shape index (κ3) is 5.72. The van der Waals surface area contributed by atoms with Crippen molar-refractivity contribution in [2.75, 3.05) is 16.0 Å². The molecule has 2 atom stereocenters. The summed E-state index contributed by atoms with van der Waals surface area (Å²) in [6.07, 6.45) is 0. The number of carbonyl (C=O) groups excluding carboxylic acids is 3. The molecule has 1 aliphatic rings. The molecule has 1 saturated heterocycles. The average Bonchev–Trinajstić information content (AvgIpc) is 3.36. The van der Waals surface area contributed by atoms with Crippen molar-refractivity contribution in [3.05, 3.63) is 125 Å². The van der Waals surface area contributed by atoms with Crippen molar-refractivity contribution >= 4 is 40.9 Å². The Labute approximate surface area is 237 Å². The van der Waals surface area contributed by atoms with Crippen LogP contribution >= 0.6 is 11.8 Å². The van der Waals surface area contributed by atoms with E-state index >= 15 is 0 Å². The van der Waals surface area contributed by atoms with Crippen molar-refractivity contribution in [2.45, 2.75) is 25.3 Å². The number of aromatic hydroxyl groups is 1. The first-order valence-corrected chi connectivity index (χ1v) is 13.9. The number of carbonyl (C=O) groups is 3. The van der Waals surface area contributed by atoms with Gasteiger partial charge in [0.25, 0.3) is 11.8 Å². The van der Waals surface area contributed by atoms with E-state index in [-0.39, 0.29) is 17.0 Å². The molecule has 0 bridgehead atoms. The van der Waals surface area contributed by atoms with Crippen LogP contribution < -0.4 is 15.5 Å². The number of rotatable bonds is 7. The Kier molecular flexibility index (Phi) is 7.89. The first kappa shape index (κ1) is 27.0. The van der Waals surface area contributed by atoms with Crippen LogP contribution in [0.3, 0.4) is 0 Å². The summed E-state index contributed by atoms with van der Waals surface area (Å²) in [5, 5.41) is 15.4. The van der Waals surface area contributed by atoms with Crippen LogP contribution in [-0.4, -0.2) is 28.6 Å². The molecule has 4 aromatic carbocycles. The van der Waals surface area contributed by atoms with Gasteiger partial charge in [-0.15, -0.1) is 11.8 Å². The Morgan fingerprint density at radius 1 is 0.900 bits per heavy atom. The fraction of sp³-hybridized carbons (Fsp3) is 0.156. The number of hydrogen-bond acceptors (Lipinski definition) is 5. The van der Waals surface area contributed by atoms with E-state index < -0.39 is 17.9 Å². The third-order valence-electron chi connectivity index (χ3n) is 6.83. The zero-order valence-electron chi connectivity index (χ0n) is 22.1. The summed E-state index contributed by atoms with van der Waals surface area (Å²) in [6.45, 7) is 3.81. The Balaban J connectivity index is 1.42. The number of nitrogens with one attached hydrogen (secondary N) is 2. The highest BCUT2D eigenvalue weighted by Gasteiger charge is 2.34. The molecule has 5 rings (SSSR count). The van der Waals surface area contributed by atoms with E-state index in [2.05, 4.69) is 10.6 Å². The van der Waals surface area contributed by atoms with Gasteiger partial charge in [-0.05, 0) is 66.4 Å². The molecule has 4 aromatic rings. The molecule has 3 amide bonds. The maximum absolute atomic E-state index is 13.5. The number of para-hydroxylation sites is 1. The molecule has 0 aliphatic carbocycles. The summed E-state index contributed by atoms with van der Waals surface area (Å²) in [5.74, 6) is -0.517. The predicted molar refractivity (Wildman–Crippen MR) is 158 cm³/mol. The topological polar surface area (TPSA) is 98.7 Å². The minimum atomic E-state index is -1.03. The molecular formula is C32H29N3O4S. The van der Waals surface area contributed by atoms with Crippen LogP contribution in [0.2, 0.25) is 0 Å². The number of phenolic OH excluding ortho intramolecular Hbond substituents is 1. The normalized spacial score (nSPS) is 15.5. The SMILES string of the molecule is Cc1cccc(C)c1NC(=O)[C@@H](NC(=O)c1cccc(N2C(=O)CS[C@@H]2c2ccccc2)c1)c1ccc(O)cc1. The van der Waals surface area contributed by atoms with Crippen LogP contribution in [0.25, 0.3) is 0 Å². The highest BCUT2D eigenvalue weighted by atomic mass is 32.2. The van der Waals surface area contributed by atoms with Crippen LogP contribution in [0.15, 0.2) is 97.1 Å². The number of hydrogen-bond donors (Lipinski definition) is 3. The lowest BCUT2D eigenvalue weighted by Crippen LogP contribution is -2.37. The first-order chi connectivity index (χ1) is 19.3. The van der Waals surface area contributed by atoms with Crippen LogP contribution in [0.4, 0.5) is 11.4 Å². The lowest BCUT2D eigenvalue weighted by atomic mass is 10.0. The third-order valence-corrected chi connectivity index (χ3v) is 8.04. The molecule has 3 N–H and O–H groups in total. The highest BCUT2D eigenvalue weighted by Crippen LogP contribution is 2.41. The number of aryl methyl sites for hydroxylation is 2. The van der Waals surface area contributed by atoms with Crippen molar-refractivity contribution in [1.29, 1.82) is 0 Å². The van der Waals surface area contributed by atoms with E-state index in [0.29, 0.717) is 28.3 Å². The number of thioether (sulfide) groups is 1. The van der Waals surface area contributed by atoms with E-state index in [9.17, 15) is 19.5 Å². The largest absolute Gasteiger partial charge is 0.508 e. The van der Waals surface area contributed by atoms with Gasteiger partial charge in [-0.2, -0.15) is 0 Å². The predicted octanol–water partition coefficient (Wildman–Crippen LogP) is 5.90. The minimum absolute atomic E-state index is 0.0358. The maximum atomic E-state index is 13.5. The van der Waals surface area contributed by atoms with Gasteiger partial charge in [-0.3, -0.25) is 19.3 Å². The zero-order valence-corrected chi connectivity index (χ0v) is 22.9. The van der Waals surface area contributed by atoms with Gasteiger partial charge in [0.1, 0.15) is 17.2 Å². The van der Waals surface area contributed by atoms with E-state index in [1.807, 2.05) is 68.4 Å². The molecule has 0 radical (unpaired) electrons. The van der Waals surface area contributed by atoms with Crippen LogP contribution in [0.5, 0.6) is 5.75 Å². The zero-order chi connectivity index (χ0) is 28.2. The van der Waals surface area contributed by atoms with Crippen molar-refractivity contribution in [1.82, 2.24) is 5.32 Å². The summed E-state index contributed by atoms with van der Waals surface area (Å²) in [6, 6.07) is 27.5. The smallest absolute Gasteiger partial charge is 0.252 e. The number of nitrogens with zero attached hydrogens (tertiary/aromatic N) is 1. The second-order valence-corrected chi connectivity index (χ2v) is 10.7. The molecule has 7 nitrogen and oxygen atoms in total. The Bertz CT molecular complexity index is 1540. The molecule has 1 fully saturated rings. The van der Waals surface area contributed by atoms with Gasteiger partial charge in [0.05, 0.1) is 5.75 Å². The van der Waals surface area contributed by atoms with E-state index in [1.54, 1.807) is 35.2 Å². The maximum Gasteiger partial charge on any atom is 0.252 e. The van der Waals surface area contributed by atoms with Gasteiger partial charge in [0, 0.05) is 16.9 Å². The molecule has 0 spiro atoms. The molecule has 202 valence electrons. The van der Waals surface area contributed by atoms with Gasteiger partial charge in [-0.1, -0.05) is 66.7 Å². The quantitative estimate of drug-likeness (QED) is 0.266. The standard InChI is InChI=1S/C32H29N3O4S/c1-20-8-6-9-21(2)28(20)33-31(39)29(22-14-16-26(36)17-15-22)34-30(38)24-12-7-13-25(18-24)35-27(37)19-40-32(35)23-10-4-3-5-11-23/h3-18,29,32,36H,19H2,1-2H3,(H,33,39)(H,34,38)/t29-,32+/m0/s1. The minimum Gasteiger partial charge on any atom is -0.508 e. The van der Waals surface area contributed by atoms with Gasteiger partial charge in [0.15, 0.2) is 0 Å². The Morgan fingerprint density at radius 2 is 1.57 bits per heavy atom. The van der Waals surface area contributed by atoms with Crippen LogP contribution in [-0.2, 0) is 9.59 Å². The fourth-order valence-corrected chi connectivity index (χ4v) is 5.93. The van der Waals surface area contributed by atoms with Gasteiger partial charge >= 0.3 is 0 Å². The first-order valence-electron chi connectivity index (χ1n) is 12.9. The number of anilines is 2. The lowest BCUT2D eigenvalue weighted by molar-refractivity contribution is -0.118. The molecule has 8 heteroatoms. The lowest BCUT2D eigenvalue weighted by Gasteiger charge is -2.25. The number of phenols is 1. The van der Waals surface area contributed by atoms with E-state index in [4.69, 9.17) is 0 Å². The second-order valence-electron chi connectivity index (χ2n) is 9.64. The Morgan fingerprint density at radius 3 is 2.27 bits per heavy atom. The highest BCUT2D eigenvalue weighted by molar-refractivity contribution is 8.00.